The van der Waals surface area contributed by atoms with Crippen LogP contribution in [0.4, 0.5) is 5.69 Å². The van der Waals surface area contributed by atoms with E-state index in [0.717, 1.165) is 10.9 Å². The molecule has 28 heavy (non-hydrogen) atoms. The van der Waals surface area contributed by atoms with Crippen molar-refractivity contribution >= 4 is 45.8 Å². The zero-order chi connectivity index (χ0) is 19.9. The van der Waals surface area contributed by atoms with E-state index < -0.39 is 10.5 Å². The number of alkyl halides is 2. The van der Waals surface area contributed by atoms with Crippen LogP contribution in [0.3, 0.4) is 0 Å². The predicted molar refractivity (Wildman–Crippen MR) is 113 cm³/mol. The number of para-hydroxylation sites is 1. The fourth-order valence-corrected chi connectivity index (χ4v) is 3.24. The lowest BCUT2D eigenvalue weighted by Gasteiger charge is -2.23. The van der Waals surface area contributed by atoms with Crippen LogP contribution < -0.4 is 10.9 Å². The van der Waals surface area contributed by atoms with Gasteiger partial charge in [0.25, 0.3) is 5.91 Å². The molecule has 1 heterocycles. The SMILES string of the molecule is O=C(C(Cl)Cl)N(CCCNc1cc(=O)oc2ccccc12)Cc1ccccc1. The van der Waals surface area contributed by atoms with Gasteiger partial charge in [0, 0.05) is 31.1 Å². The van der Waals surface area contributed by atoms with Crippen LogP contribution >= 0.6 is 23.2 Å². The van der Waals surface area contributed by atoms with E-state index in [4.69, 9.17) is 27.6 Å². The average Bonchev–Trinajstić information content (AvgIpc) is 2.70. The minimum atomic E-state index is -1.10. The number of hydrogen-bond acceptors (Lipinski definition) is 4. The zero-order valence-corrected chi connectivity index (χ0v) is 16.6. The molecular formula is C21H20Cl2N2O3. The topological polar surface area (TPSA) is 62.6 Å². The quantitative estimate of drug-likeness (QED) is 0.334. The van der Waals surface area contributed by atoms with Crippen molar-refractivity contribution in [3.8, 4) is 0 Å². The van der Waals surface area contributed by atoms with Crippen LogP contribution in [-0.2, 0) is 11.3 Å². The molecule has 0 aliphatic rings. The number of benzene rings is 2. The highest BCUT2D eigenvalue weighted by atomic mass is 35.5. The molecular weight excluding hydrogens is 399 g/mol. The van der Waals surface area contributed by atoms with Crippen molar-refractivity contribution in [2.75, 3.05) is 18.4 Å². The fourth-order valence-electron chi connectivity index (χ4n) is 2.96. The number of carbonyl (C=O) groups is 1. The summed E-state index contributed by atoms with van der Waals surface area (Å²) in [5.74, 6) is -0.321. The first kappa shape index (κ1) is 20.2. The summed E-state index contributed by atoms with van der Waals surface area (Å²) in [4.78, 5) is 24.6. The standard InChI is InChI=1S/C21H20Cl2N2O3/c22-20(23)21(27)25(14-15-7-2-1-3-8-15)12-6-11-24-17-13-19(26)28-18-10-5-4-9-16(17)18/h1-5,7-10,13,20,24H,6,11-12,14H2. The molecule has 0 radical (unpaired) electrons. The Hall–Kier alpha value is -2.50. The Morgan fingerprint density at radius 1 is 1.07 bits per heavy atom. The summed E-state index contributed by atoms with van der Waals surface area (Å²) in [5, 5.41) is 4.09. The molecule has 0 atom stereocenters. The van der Waals surface area contributed by atoms with Crippen molar-refractivity contribution in [1.29, 1.82) is 0 Å². The van der Waals surface area contributed by atoms with Crippen molar-refractivity contribution in [3.63, 3.8) is 0 Å². The first-order chi connectivity index (χ1) is 13.5. The smallest absolute Gasteiger partial charge is 0.338 e. The molecule has 0 bridgehead atoms. The summed E-state index contributed by atoms with van der Waals surface area (Å²) in [7, 11) is 0. The van der Waals surface area contributed by atoms with E-state index in [1.54, 1.807) is 11.0 Å². The molecule has 0 fully saturated rings. The molecule has 7 heteroatoms. The van der Waals surface area contributed by atoms with Gasteiger partial charge in [0.15, 0.2) is 4.84 Å². The number of carbonyl (C=O) groups excluding carboxylic acids is 1. The molecule has 0 saturated carbocycles. The maximum Gasteiger partial charge on any atom is 0.338 e. The molecule has 5 nitrogen and oxygen atoms in total. The van der Waals surface area contributed by atoms with Crippen molar-refractivity contribution < 1.29 is 9.21 Å². The Labute approximate surface area is 172 Å². The van der Waals surface area contributed by atoms with Gasteiger partial charge in [0.05, 0.1) is 5.69 Å². The second-order valence-electron chi connectivity index (χ2n) is 6.30. The van der Waals surface area contributed by atoms with E-state index in [1.807, 2.05) is 48.5 Å². The van der Waals surface area contributed by atoms with Crippen molar-refractivity contribution in [2.24, 2.45) is 0 Å². The normalized spacial score (nSPS) is 11.0. The van der Waals surface area contributed by atoms with Gasteiger partial charge >= 0.3 is 5.63 Å². The van der Waals surface area contributed by atoms with Crippen molar-refractivity contribution in [1.82, 2.24) is 4.90 Å². The predicted octanol–water partition coefficient (Wildman–Crippen LogP) is 4.43. The highest BCUT2D eigenvalue weighted by Gasteiger charge is 2.20. The Kier molecular flexibility index (Phi) is 6.95. The minimum absolute atomic E-state index is 0.321. The first-order valence-electron chi connectivity index (χ1n) is 8.92. The maximum absolute atomic E-state index is 12.3. The monoisotopic (exact) mass is 418 g/mol. The van der Waals surface area contributed by atoms with Crippen LogP contribution in [-0.4, -0.2) is 28.7 Å². The molecule has 0 aliphatic carbocycles. The van der Waals surface area contributed by atoms with Crippen LogP contribution in [0.15, 0.2) is 69.9 Å². The largest absolute Gasteiger partial charge is 0.423 e. The minimum Gasteiger partial charge on any atom is -0.423 e. The van der Waals surface area contributed by atoms with Crippen LogP contribution in [0, 0.1) is 0 Å². The highest BCUT2D eigenvalue weighted by Crippen LogP contribution is 2.21. The number of hydrogen-bond donors (Lipinski definition) is 1. The van der Waals surface area contributed by atoms with Gasteiger partial charge in [0.2, 0.25) is 0 Å². The van der Waals surface area contributed by atoms with Crippen molar-refractivity contribution in [3.05, 3.63) is 76.6 Å². The molecule has 146 valence electrons. The van der Waals surface area contributed by atoms with Gasteiger partial charge in [-0.05, 0) is 24.1 Å². The van der Waals surface area contributed by atoms with E-state index in [2.05, 4.69) is 5.32 Å². The van der Waals surface area contributed by atoms with Gasteiger partial charge in [-0.3, -0.25) is 4.79 Å². The molecule has 3 aromatic rings. The van der Waals surface area contributed by atoms with E-state index >= 15 is 0 Å². The van der Waals surface area contributed by atoms with Crippen molar-refractivity contribution in [2.45, 2.75) is 17.8 Å². The fraction of sp³-hybridized carbons (Fsp3) is 0.238. The third-order valence-corrected chi connectivity index (χ3v) is 4.66. The molecule has 1 aromatic heterocycles. The lowest BCUT2D eigenvalue weighted by Crippen LogP contribution is -2.35. The first-order valence-corrected chi connectivity index (χ1v) is 9.79. The zero-order valence-electron chi connectivity index (χ0n) is 15.1. The number of nitrogens with zero attached hydrogens (tertiary/aromatic N) is 1. The van der Waals surface area contributed by atoms with Crippen LogP contribution in [0.1, 0.15) is 12.0 Å². The van der Waals surface area contributed by atoms with E-state index in [1.165, 1.54) is 6.07 Å². The summed E-state index contributed by atoms with van der Waals surface area (Å²) in [5.41, 5.74) is 1.84. The molecule has 1 amide bonds. The summed E-state index contributed by atoms with van der Waals surface area (Å²) in [6, 6.07) is 18.4. The summed E-state index contributed by atoms with van der Waals surface area (Å²) in [6.07, 6.45) is 0.660. The summed E-state index contributed by atoms with van der Waals surface area (Å²) in [6.45, 7) is 1.49. The molecule has 0 aliphatic heterocycles. The average molecular weight is 419 g/mol. The van der Waals surface area contributed by atoms with E-state index in [9.17, 15) is 9.59 Å². The third-order valence-electron chi connectivity index (χ3n) is 4.28. The van der Waals surface area contributed by atoms with Crippen LogP contribution in [0.5, 0.6) is 0 Å². The lowest BCUT2D eigenvalue weighted by atomic mass is 10.2. The van der Waals surface area contributed by atoms with E-state index in [-0.39, 0.29) is 5.91 Å². The number of halogens is 2. The molecule has 2 aromatic carbocycles. The second-order valence-corrected chi connectivity index (χ2v) is 7.40. The van der Waals surface area contributed by atoms with Gasteiger partial charge in [-0.2, -0.15) is 0 Å². The molecule has 0 saturated heterocycles. The Balaban J connectivity index is 1.63. The molecule has 3 rings (SSSR count). The number of rotatable bonds is 8. The summed E-state index contributed by atoms with van der Waals surface area (Å²) >= 11 is 11.6. The lowest BCUT2D eigenvalue weighted by molar-refractivity contribution is -0.130. The molecule has 1 N–H and O–H groups in total. The Morgan fingerprint density at radius 3 is 2.54 bits per heavy atom. The Bertz CT molecular complexity index is 990. The number of anilines is 1. The third kappa shape index (κ3) is 5.27. The highest BCUT2D eigenvalue weighted by molar-refractivity contribution is 6.53. The van der Waals surface area contributed by atoms with Gasteiger partial charge in [-0.25, -0.2) is 4.79 Å². The number of fused-ring (bicyclic) bond motifs is 1. The summed E-state index contributed by atoms with van der Waals surface area (Å²) < 4.78 is 5.19. The van der Waals surface area contributed by atoms with Gasteiger partial charge in [0.1, 0.15) is 5.58 Å². The Morgan fingerprint density at radius 2 is 1.79 bits per heavy atom. The van der Waals surface area contributed by atoms with Gasteiger partial charge < -0.3 is 14.6 Å². The van der Waals surface area contributed by atoms with Gasteiger partial charge in [-0.15, -0.1) is 0 Å². The van der Waals surface area contributed by atoms with E-state index in [0.29, 0.717) is 37.3 Å². The second kappa shape index (κ2) is 9.62. The number of amides is 1. The van der Waals surface area contributed by atoms with Gasteiger partial charge in [-0.1, -0.05) is 65.7 Å². The van der Waals surface area contributed by atoms with Crippen LogP contribution in [0.2, 0.25) is 0 Å². The maximum atomic E-state index is 12.3. The molecule has 0 spiro atoms. The molecule has 0 unspecified atom stereocenters. The van der Waals surface area contributed by atoms with Crippen LogP contribution in [0.25, 0.3) is 11.0 Å². The number of nitrogens with one attached hydrogen (secondary N) is 1.